The number of piperidine rings is 1. The smallest absolute Gasteiger partial charge is 0.226 e. The standard InChI is InChI=1S/C27H34N4O/c1-21-6-8-23(9-7-21)27-28-26(22(2)32-27)20-29-16-18-31(19-17-29)25-12-10-24(11-13-25)30-14-4-3-5-15-30/h6-13H,3-5,14-20H2,1-2H3. The predicted molar refractivity (Wildman–Crippen MR) is 131 cm³/mol. The Hall–Kier alpha value is -2.79. The third-order valence-electron chi connectivity index (χ3n) is 6.87. The van der Waals surface area contributed by atoms with Crippen LogP contribution < -0.4 is 9.80 Å². The molecule has 3 heterocycles. The zero-order chi connectivity index (χ0) is 21.9. The van der Waals surface area contributed by atoms with E-state index in [1.165, 1.54) is 49.3 Å². The molecule has 32 heavy (non-hydrogen) atoms. The van der Waals surface area contributed by atoms with Gasteiger partial charge in [-0.15, -0.1) is 0 Å². The molecule has 5 nitrogen and oxygen atoms in total. The van der Waals surface area contributed by atoms with Gasteiger partial charge >= 0.3 is 0 Å². The Morgan fingerprint density at radius 2 is 1.31 bits per heavy atom. The lowest BCUT2D eigenvalue weighted by molar-refractivity contribution is 0.246. The molecule has 0 radical (unpaired) electrons. The van der Waals surface area contributed by atoms with E-state index in [-0.39, 0.29) is 0 Å². The average Bonchev–Trinajstić information content (AvgIpc) is 3.21. The molecule has 0 spiro atoms. The van der Waals surface area contributed by atoms with Crippen LogP contribution in [0.25, 0.3) is 11.5 Å². The second-order valence-electron chi connectivity index (χ2n) is 9.22. The topological polar surface area (TPSA) is 35.8 Å². The molecule has 2 aliphatic rings. The third kappa shape index (κ3) is 4.68. The van der Waals surface area contributed by atoms with Crippen LogP contribution in [0.1, 0.15) is 36.3 Å². The Morgan fingerprint density at radius 3 is 1.94 bits per heavy atom. The highest BCUT2D eigenvalue weighted by atomic mass is 16.4. The monoisotopic (exact) mass is 430 g/mol. The lowest BCUT2D eigenvalue weighted by Crippen LogP contribution is -2.46. The second kappa shape index (κ2) is 9.37. The van der Waals surface area contributed by atoms with E-state index in [9.17, 15) is 0 Å². The van der Waals surface area contributed by atoms with E-state index in [0.29, 0.717) is 0 Å². The summed E-state index contributed by atoms with van der Waals surface area (Å²) in [6.45, 7) is 11.5. The molecule has 5 heteroatoms. The minimum Gasteiger partial charge on any atom is -0.441 e. The molecule has 1 aromatic heterocycles. The van der Waals surface area contributed by atoms with Crippen LogP contribution in [0.2, 0.25) is 0 Å². The van der Waals surface area contributed by atoms with Gasteiger partial charge in [0.2, 0.25) is 5.89 Å². The molecule has 0 atom stereocenters. The summed E-state index contributed by atoms with van der Waals surface area (Å²) in [6.07, 6.45) is 4.02. The fourth-order valence-electron chi connectivity index (χ4n) is 4.80. The van der Waals surface area contributed by atoms with Crippen molar-refractivity contribution in [3.8, 4) is 11.5 Å². The van der Waals surface area contributed by atoms with Crippen molar-refractivity contribution in [2.75, 3.05) is 49.1 Å². The number of oxazole rings is 1. The fourth-order valence-corrected chi connectivity index (χ4v) is 4.80. The first kappa shape index (κ1) is 21.1. The van der Waals surface area contributed by atoms with Crippen molar-refractivity contribution in [1.82, 2.24) is 9.88 Å². The fraction of sp³-hybridized carbons (Fsp3) is 0.444. The molecule has 0 unspecified atom stereocenters. The molecule has 0 bridgehead atoms. The maximum absolute atomic E-state index is 5.98. The van der Waals surface area contributed by atoms with Crippen LogP contribution in [0.4, 0.5) is 11.4 Å². The number of aromatic nitrogens is 1. The summed E-state index contributed by atoms with van der Waals surface area (Å²) in [5, 5.41) is 0. The van der Waals surface area contributed by atoms with Crippen LogP contribution in [-0.2, 0) is 6.54 Å². The number of anilines is 2. The van der Waals surface area contributed by atoms with Crippen LogP contribution >= 0.6 is 0 Å². The maximum Gasteiger partial charge on any atom is 0.226 e. The number of hydrogen-bond donors (Lipinski definition) is 0. The minimum atomic E-state index is 0.727. The summed E-state index contributed by atoms with van der Waals surface area (Å²) >= 11 is 0. The number of aryl methyl sites for hydroxylation is 2. The van der Waals surface area contributed by atoms with Gasteiger partial charge in [0.1, 0.15) is 5.76 Å². The Balaban J connectivity index is 1.17. The van der Waals surface area contributed by atoms with E-state index in [2.05, 4.69) is 70.2 Å². The molecule has 168 valence electrons. The lowest BCUT2D eigenvalue weighted by Gasteiger charge is -2.36. The number of rotatable bonds is 5. The Labute approximate surface area is 191 Å². The first-order chi connectivity index (χ1) is 15.7. The molecule has 2 aliphatic heterocycles. The van der Waals surface area contributed by atoms with Crippen molar-refractivity contribution in [3.63, 3.8) is 0 Å². The van der Waals surface area contributed by atoms with Crippen molar-refractivity contribution in [1.29, 1.82) is 0 Å². The van der Waals surface area contributed by atoms with Gasteiger partial charge < -0.3 is 14.2 Å². The highest BCUT2D eigenvalue weighted by Gasteiger charge is 2.21. The molecule has 2 aromatic carbocycles. The highest BCUT2D eigenvalue weighted by Crippen LogP contribution is 2.26. The van der Waals surface area contributed by atoms with Gasteiger partial charge in [0.25, 0.3) is 0 Å². The zero-order valence-corrected chi connectivity index (χ0v) is 19.4. The number of hydrogen-bond acceptors (Lipinski definition) is 5. The lowest BCUT2D eigenvalue weighted by atomic mass is 10.1. The van der Waals surface area contributed by atoms with Crippen molar-refractivity contribution < 1.29 is 4.42 Å². The van der Waals surface area contributed by atoms with Gasteiger partial charge in [0, 0.05) is 62.8 Å². The van der Waals surface area contributed by atoms with E-state index in [1.807, 2.05) is 6.92 Å². The van der Waals surface area contributed by atoms with Crippen LogP contribution in [0.5, 0.6) is 0 Å². The average molecular weight is 431 g/mol. The normalized spacial score (nSPS) is 17.7. The molecule has 3 aromatic rings. The Bertz CT molecular complexity index is 1010. The zero-order valence-electron chi connectivity index (χ0n) is 19.4. The summed E-state index contributed by atoms with van der Waals surface area (Å²) < 4.78 is 5.98. The summed E-state index contributed by atoms with van der Waals surface area (Å²) in [5.74, 6) is 1.65. The van der Waals surface area contributed by atoms with E-state index in [4.69, 9.17) is 9.40 Å². The molecule has 0 N–H and O–H groups in total. The largest absolute Gasteiger partial charge is 0.441 e. The molecule has 0 aliphatic carbocycles. The molecule has 2 saturated heterocycles. The minimum absolute atomic E-state index is 0.727. The van der Waals surface area contributed by atoms with E-state index in [1.54, 1.807) is 0 Å². The Kier molecular flexibility index (Phi) is 6.17. The van der Waals surface area contributed by atoms with E-state index < -0.39 is 0 Å². The van der Waals surface area contributed by atoms with Gasteiger partial charge in [-0.1, -0.05) is 17.7 Å². The van der Waals surface area contributed by atoms with Crippen LogP contribution in [-0.4, -0.2) is 49.2 Å². The molecule has 0 saturated carbocycles. The first-order valence-electron chi connectivity index (χ1n) is 12.0. The van der Waals surface area contributed by atoms with Gasteiger partial charge in [-0.3, -0.25) is 4.90 Å². The summed E-state index contributed by atoms with van der Waals surface area (Å²) in [5.41, 5.74) is 6.06. The number of nitrogens with zero attached hydrogens (tertiary/aromatic N) is 4. The van der Waals surface area contributed by atoms with Gasteiger partial charge in [0.05, 0.1) is 5.69 Å². The van der Waals surface area contributed by atoms with Gasteiger partial charge in [0.15, 0.2) is 0 Å². The predicted octanol–water partition coefficient (Wildman–Crippen LogP) is 5.27. The molecular formula is C27H34N4O. The van der Waals surface area contributed by atoms with Gasteiger partial charge in [-0.05, 0) is 69.5 Å². The van der Waals surface area contributed by atoms with Crippen molar-refractivity contribution in [2.45, 2.75) is 39.7 Å². The van der Waals surface area contributed by atoms with Crippen molar-refractivity contribution >= 4 is 11.4 Å². The number of benzene rings is 2. The van der Waals surface area contributed by atoms with E-state index in [0.717, 1.165) is 55.6 Å². The summed E-state index contributed by atoms with van der Waals surface area (Å²) in [6, 6.07) is 17.6. The Morgan fingerprint density at radius 1 is 0.719 bits per heavy atom. The SMILES string of the molecule is Cc1ccc(-c2nc(CN3CCN(c4ccc(N5CCCCC5)cc4)CC3)c(C)o2)cc1. The maximum atomic E-state index is 5.98. The second-order valence-corrected chi connectivity index (χ2v) is 9.22. The number of piperazine rings is 1. The third-order valence-corrected chi connectivity index (χ3v) is 6.87. The molecule has 5 rings (SSSR count). The first-order valence-corrected chi connectivity index (χ1v) is 12.0. The summed E-state index contributed by atoms with van der Waals surface area (Å²) in [4.78, 5) is 12.3. The summed E-state index contributed by atoms with van der Waals surface area (Å²) in [7, 11) is 0. The molecule has 0 amide bonds. The molecular weight excluding hydrogens is 396 g/mol. The molecule has 2 fully saturated rings. The van der Waals surface area contributed by atoms with Crippen LogP contribution in [0.3, 0.4) is 0 Å². The van der Waals surface area contributed by atoms with Crippen molar-refractivity contribution in [2.24, 2.45) is 0 Å². The van der Waals surface area contributed by atoms with Gasteiger partial charge in [-0.2, -0.15) is 0 Å². The quantitative estimate of drug-likeness (QED) is 0.551. The van der Waals surface area contributed by atoms with Crippen LogP contribution in [0, 0.1) is 13.8 Å². The van der Waals surface area contributed by atoms with E-state index >= 15 is 0 Å². The van der Waals surface area contributed by atoms with Crippen molar-refractivity contribution in [3.05, 3.63) is 65.5 Å². The van der Waals surface area contributed by atoms with Crippen LogP contribution in [0.15, 0.2) is 52.9 Å². The highest BCUT2D eigenvalue weighted by molar-refractivity contribution is 5.57. The van der Waals surface area contributed by atoms with Gasteiger partial charge in [-0.25, -0.2) is 4.98 Å².